The van der Waals surface area contributed by atoms with Crippen LogP contribution in [0.4, 0.5) is 5.69 Å². The van der Waals surface area contributed by atoms with Gasteiger partial charge in [-0.15, -0.1) is 0 Å². The van der Waals surface area contributed by atoms with Crippen molar-refractivity contribution in [3.63, 3.8) is 0 Å². The second kappa shape index (κ2) is 5.89. The van der Waals surface area contributed by atoms with E-state index in [1.54, 1.807) is 11.0 Å². The average Bonchev–Trinajstić information content (AvgIpc) is 2.70. The highest BCUT2D eigenvalue weighted by Crippen LogP contribution is 2.32. The first kappa shape index (κ1) is 14.7. The van der Waals surface area contributed by atoms with Gasteiger partial charge in [0, 0.05) is 17.1 Å². The third-order valence-corrected chi connectivity index (χ3v) is 5.04. The van der Waals surface area contributed by atoms with Crippen LogP contribution in [0.2, 0.25) is 0 Å². The second-order valence-corrected chi connectivity index (χ2v) is 6.78. The van der Waals surface area contributed by atoms with Crippen molar-refractivity contribution >= 4 is 33.3 Å². The largest absolute Gasteiger partial charge is 0.305 e. The third kappa shape index (κ3) is 2.77. The Morgan fingerprint density at radius 3 is 2.86 bits per heavy atom. The Bertz CT molecular complexity index is 588. The molecule has 0 saturated carbocycles. The number of fused-ring (bicyclic) bond motifs is 1. The van der Waals surface area contributed by atoms with Gasteiger partial charge in [0.25, 0.3) is 11.7 Å². The summed E-state index contributed by atoms with van der Waals surface area (Å²) in [6.45, 7) is 1.74. The average molecular weight is 351 g/mol. The van der Waals surface area contributed by atoms with E-state index in [-0.39, 0.29) is 11.7 Å². The third-order valence-electron chi connectivity index (χ3n) is 4.54. The SMILES string of the molecule is CN1CCCCC1CCN1C(=O)C(=O)c2ccc(Br)cc21. The summed E-state index contributed by atoms with van der Waals surface area (Å²) < 4.78 is 0.892. The fraction of sp³-hybridized carbons (Fsp3) is 0.500. The number of ketones is 1. The van der Waals surface area contributed by atoms with Crippen LogP contribution in [-0.2, 0) is 4.79 Å². The Kier molecular flexibility index (Phi) is 4.13. The Hall–Kier alpha value is -1.20. The van der Waals surface area contributed by atoms with Crippen molar-refractivity contribution in [2.45, 2.75) is 31.7 Å². The van der Waals surface area contributed by atoms with Crippen molar-refractivity contribution in [2.75, 3.05) is 25.0 Å². The highest BCUT2D eigenvalue weighted by Gasteiger charge is 2.36. The molecule has 1 amide bonds. The van der Waals surface area contributed by atoms with Gasteiger partial charge in [-0.2, -0.15) is 0 Å². The summed E-state index contributed by atoms with van der Waals surface area (Å²) in [5.41, 5.74) is 1.28. The molecule has 0 bridgehead atoms. The zero-order valence-corrected chi connectivity index (χ0v) is 13.7. The van der Waals surface area contributed by atoms with E-state index in [1.165, 1.54) is 19.3 Å². The first-order valence-electron chi connectivity index (χ1n) is 7.44. The highest BCUT2D eigenvalue weighted by molar-refractivity contribution is 9.10. The molecule has 0 aliphatic carbocycles. The minimum absolute atomic E-state index is 0.380. The minimum atomic E-state index is -0.387. The second-order valence-electron chi connectivity index (χ2n) is 5.87. The quantitative estimate of drug-likeness (QED) is 0.787. The lowest BCUT2D eigenvalue weighted by atomic mass is 10.00. The Morgan fingerprint density at radius 1 is 1.29 bits per heavy atom. The van der Waals surface area contributed by atoms with Crippen molar-refractivity contribution in [3.8, 4) is 0 Å². The molecule has 5 heteroatoms. The van der Waals surface area contributed by atoms with Gasteiger partial charge in [-0.25, -0.2) is 0 Å². The zero-order chi connectivity index (χ0) is 15.0. The maximum atomic E-state index is 12.2. The minimum Gasteiger partial charge on any atom is -0.305 e. The van der Waals surface area contributed by atoms with Crippen LogP contribution < -0.4 is 4.90 Å². The normalized spacial score (nSPS) is 22.8. The van der Waals surface area contributed by atoms with E-state index in [4.69, 9.17) is 0 Å². The number of carbonyl (C=O) groups excluding carboxylic acids is 2. The number of nitrogens with zero attached hydrogens (tertiary/aromatic N) is 2. The summed E-state index contributed by atoms with van der Waals surface area (Å²) in [7, 11) is 2.14. The molecule has 1 saturated heterocycles. The van der Waals surface area contributed by atoms with E-state index in [1.807, 2.05) is 12.1 Å². The predicted octanol–water partition coefficient (Wildman–Crippen LogP) is 2.85. The van der Waals surface area contributed by atoms with Crippen LogP contribution >= 0.6 is 15.9 Å². The van der Waals surface area contributed by atoms with Crippen LogP contribution in [0.15, 0.2) is 22.7 Å². The number of likely N-dealkylation sites (tertiary alicyclic amines) is 1. The lowest BCUT2D eigenvalue weighted by Gasteiger charge is -2.33. The van der Waals surface area contributed by atoms with Crippen LogP contribution in [0.3, 0.4) is 0 Å². The number of amides is 1. The number of halogens is 1. The van der Waals surface area contributed by atoms with E-state index in [0.29, 0.717) is 18.2 Å². The highest BCUT2D eigenvalue weighted by atomic mass is 79.9. The molecule has 1 aromatic rings. The summed E-state index contributed by atoms with van der Waals surface area (Å²) >= 11 is 3.41. The van der Waals surface area contributed by atoms with Gasteiger partial charge in [0.1, 0.15) is 0 Å². The standard InChI is InChI=1S/C16H19BrN2O2/c1-18-8-3-2-4-12(18)7-9-19-14-10-11(17)5-6-13(14)15(20)16(19)21/h5-6,10,12H,2-4,7-9H2,1H3. The van der Waals surface area contributed by atoms with E-state index < -0.39 is 0 Å². The molecule has 1 atom stereocenters. The lowest BCUT2D eigenvalue weighted by molar-refractivity contribution is -0.114. The molecule has 3 rings (SSSR count). The van der Waals surface area contributed by atoms with Crippen LogP contribution in [0.25, 0.3) is 0 Å². The fourth-order valence-corrected chi connectivity index (χ4v) is 3.63. The molecular weight excluding hydrogens is 332 g/mol. The van der Waals surface area contributed by atoms with Crippen molar-refractivity contribution < 1.29 is 9.59 Å². The topological polar surface area (TPSA) is 40.6 Å². The molecular formula is C16H19BrN2O2. The van der Waals surface area contributed by atoms with Gasteiger partial charge in [-0.3, -0.25) is 9.59 Å². The Labute approximate surface area is 133 Å². The smallest absolute Gasteiger partial charge is 0.299 e. The molecule has 0 radical (unpaired) electrons. The number of benzene rings is 1. The van der Waals surface area contributed by atoms with Gasteiger partial charge < -0.3 is 9.80 Å². The Morgan fingerprint density at radius 2 is 2.10 bits per heavy atom. The molecule has 1 fully saturated rings. The molecule has 2 heterocycles. The molecule has 21 heavy (non-hydrogen) atoms. The number of Topliss-reactive ketones (excluding diaryl/α,β-unsaturated/α-hetero) is 1. The van der Waals surface area contributed by atoms with Gasteiger partial charge in [-0.05, 0) is 51.1 Å². The van der Waals surface area contributed by atoms with E-state index in [2.05, 4.69) is 27.9 Å². The molecule has 1 aromatic carbocycles. The van der Waals surface area contributed by atoms with Crippen molar-refractivity contribution in [1.82, 2.24) is 4.90 Å². The number of anilines is 1. The fourth-order valence-electron chi connectivity index (χ4n) is 3.28. The van der Waals surface area contributed by atoms with Crippen LogP contribution in [0.5, 0.6) is 0 Å². The van der Waals surface area contributed by atoms with Crippen molar-refractivity contribution in [1.29, 1.82) is 0 Å². The van der Waals surface area contributed by atoms with Gasteiger partial charge >= 0.3 is 0 Å². The summed E-state index contributed by atoms with van der Waals surface area (Å²) in [6, 6.07) is 5.91. The summed E-state index contributed by atoms with van der Waals surface area (Å²) in [5.74, 6) is -0.768. The predicted molar refractivity (Wildman–Crippen MR) is 85.7 cm³/mol. The van der Waals surface area contributed by atoms with Gasteiger partial charge in [0.05, 0.1) is 11.3 Å². The van der Waals surface area contributed by atoms with Crippen LogP contribution in [0.1, 0.15) is 36.0 Å². The molecule has 2 aliphatic rings. The monoisotopic (exact) mass is 350 g/mol. The number of hydrogen-bond donors (Lipinski definition) is 0. The molecule has 4 nitrogen and oxygen atoms in total. The zero-order valence-electron chi connectivity index (χ0n) is 12.1. The van der Waals surface area contributed by atoms with E-state index in [9.17, 15) is 9.59 Å². The molecule has 112 valence electrons. The number of hydrogen-bond acceptors (Lipinski definition) is 3. The van der Waals surface area contributed by atoms with Gasteiger partial charge in [0.15, 0.2) is 0 Å². The summed E-state index contributed by atoms with van der Waals surface area (Å²) in [6.07, 6.45) is 4.60. The maximum Gasteiger partial charge on any atom is 0.299 e. The summed E-state index contributed by atoms with van der Waals surface area (Å²) in [4.78, 5) is 28.2. The van der Waals surface area contributed by atoms with Gasteiger partial charge in [-0.1, -0.05) is 22.4 Å². The van der Waals surface area contributed by atoms with Crippen LogP contribution in [-0.4, -0.2) is 42.8 Å². The first-order valence-corrected chi connectivity index (χ1v) is 8.23. The Balaban J connectivity index is 1.75. The number of rotatable bonds is 3. The molecule has 1 unspecified atom stereocenters. The van der Waals surface area contributed by atoms with E-state index in [0.717, 1.165) is 23.1 Å². The molecule has 0 spiro atoms. The molecule has 0 N–H and O–H groups in total. The number of carbonyl (C=O) groups is 2. The van der Waals surface area contributed by atoms with Gasteiger partial charge in [0.2, 0.25) is 0 Å². The van der Waals surface area contributed by atoms with E-state index >= 15 is 0 Å². The lowest BCUT2D eigenvalue weighted by Crippen LogP contribution is -2.40. The summed E-state index contributed by atoms with van der Waals surface area (Å²) in [5, 5.41) is 0. The first-order chi connectivity index (χ1) is 10.1. The van der Waals surface area contributed by atoms with Crippen molar-refractivity contribution in [3.05, 3.63) is 28.2 Å². The molecule has 2 aliphatic heterocycles. The van der Waals surface area contributed by atoms with Crippen LogP contribution in [0, 0.1) is 0 Å². The number of piperidine rings is 1. The maximum absolute atomic E-state index is 12.2. The van der Waals surface area contributed by atoms with Crippen molar-refractivity contribution in [2.24, 2.45) is 0 Å². The molecule has 0 aromatic heterocycles.